The van der Waals surface area contributed by atoms with Crippen molar-refractivity contribution in [2.24, 2.45) is 0 Å². The molecule has 0 atom stereocenters. The van der Waals surface area contributed by atoms with Crippen molar-refractivity contribution in [2.45, 2.75) is 6.54 Å². The number of hydrogen-bond donors (Lipinski definition) is 1. The molecule has 5 nitrogen and oxygen atoms in total. The molecular formula is C19H22N4O. The predicted molar refractivity (Wildman–Crippen MR) is 96.6 cm³/mol. The van der Waals surface area contributed by atoms with Crippen LogP contribution in [0, 0.1) is 0 Å². The van der Waals surface area contributed by atoms with Crippen molar-refractivity contribution in [3.8, 4) is 5.75 Å². The van der Waals surface area contributed by atoms with Gasteiger partial charge in [-0.2, -0.15) is 0 Å². The fourth-order valence-corrected chi connectivity index (χ4v) is 3.42. The third-order valence-electron chi connectivity index (χ3n) is 4.73. The van der Waals surface area contributed by atoms with Gasteiger partial charge in [0.15, 0.2) is 0 Å². The van der Waals surface area contributed by atoms with E-state index in [1.54, 1.807) is 7.11 Å². The van der Waals surface area contributed by atoms with E-state index >= 15 is 0 Å². The molecule has 0 aliphatic carbocycles. The van der Waals surface area contributed by atoms with Gasteiger partial charge in [-0.1, -0.05) is 12.1 Å². The highest BCUT2D eigenvalue weighted by atomic mass is 16.4. The van der Waals surface area contributed by atoms with Gasteiger partial charge in [0, 0.05) is 50.5 Å². The van der Waals surface area contributed by atoms with Gasteiger partial charge >= 0.3 is 0 Å². The van der Waals surface area contributed by atoms with Crippen LogP contribution in [0.15, 0.2) is 48.8 Å². The summed E-state index contributed by atoms with van der Waals surface area (Å²) in [6, 6.07) is 12.4. The monoisotopic (exact) mass is 321 g/mol. The molecule has 124 valence electrons. The van der Waals surface area contributed by atoms with E-state index in [-0.39, 0.29) is 0 Å². The molecule has 3 aromatic rings. The van der Waals surface area contributed by atoms with Gasteiger partial charge in [-0.15, -0.1) is 0 Å². The molecular weight excluding hydrogens is 299 g/mol. The number of anilines is 1. The Balaban J connectivity index is 1.43. The lowest BCUT2D eigenvalue weighted by atomic mass is 10.2. The van der Waals surface area contributed by atoms with Gasteiger partial charge in [-0.25, -0.2) is 4.98 Å². The third-order valence-corrected chi connectivity index (χ3v) is 4.73. The largest absolute Gasteiger partial charge is 0.495 e. The van der Waals surface area contributed by atoms with Crippen LogP contribution in [0.2, 0.25) is 0 Å². The van der Waals surface area contributed by atoms with Crippen molar-refractivity contribution >= 4 is 16.7 Å². The Labute approximate surface area is 141 Å². The van der Waals surface area contributed by atoms with Crippen molar-refractivity contribution in [3.63, 3.8) is 0 Å². The zero-order chi connectivity index (χ0) is 16.4. The Hall–Kier alpha value is -2.53. The molecule has 1 aliphatic heterocycles. The van der Waals surface area contributed by atoms with Gasteiger partial charge in [0.25, 0.3) is 0 Å². The molecule has 4 rings (SSSR count). The zero-order valence-electron chi connectivity index (χ0n) is 13.9. The summed E-state index contributed by atoms with van der Waals surface area (Å²) >= 11 is 0. The van der Waals surface area contributed by atoms with E-state index < -0.39 is 0 Å². The summed E-state index contributed by atoms with van der Waals surface area (Å²) in [4.78, 5) is 12.5. The number of nitrogens with zero attached hydrogens (tertiary/aromatic N) is 3. The maximum Gasteiger partial charge on any atom is 0.142 e. The summed E-state index contributed by atoms with van der Waals surface area (Å²) < 4.78 is 5.49. The van der Waals surface area contributed by atoms with Crippen molar-refractivity contribution in [1.29, 1.82) is 0 Å². The number of H-pyrrole nitrogens is 1. The van der Waals surface area contributed by atoms with Crippen LogP contribution >= 0.6 is 0 Å². The van der Waals surface area contributed by atoms with E-state index in [0.717, 1.165) is 44.1 Å². The lowest BCUT2D eigenvalue weighted by molar-refractivity contribution is 0.250. The zero-order valence-corrected chi connectivity index (χ0v) is 13.9. The molecule has 0 spiro atoms. The smallest absolute Gasteiger partial charge is 0.142 e. The van der Waals surface area contributed by atoms with E-state index in [1.807, 2.05) is 24.4 Å². The first-order valence-electron chi connectivity index (χ1n) is 8.36. The number of pyridine rings is 1. The van der Waals surface area contributed by atoms with Gasteiger partial charge in [0.1, 0.15) is 11.4 Å². The fourth-order valence-electron chi connectivity index (χ4n) is 3.42. The molecule has 0 saturated carbocycles. The van der Waals surface area contributed by atoms with E-state index in [2.05, 4.69) is 44.2 Å². The Morgan fingerprint density at radius 1 is 1.08 bits per heavy atom. The van der Waals surface area contributed by atoms with E-state index in [9.17, 15) is 0 Å². The molecule has 24 heavy (non-hydrogen) atoms. The Kier molecular flexibility index (Phi) is 4.09. The molecule has 3 heterocycles. The number of aromatic nitrogens is 2. The summed E-state index contributed by atoms with van der Waals surface area (Å²) in [5, 5.41) is 1.23. The average molecular weight is 321 g/mol. The second-order valence-corrected chi connectivity index (χ2v) is 6.15. The molecule has 1 aromatic carbocycles. The third kappa shape index (κ3) is 2.83. The number of nitrogens with one attached hydrogen (secondary N) is 1. The highest BCUT2D eigenvalue weighted by Crippen LogP contribution is 2.28. The molecule has 2 aromatic heterocycles. The van der Waals surface area contributed by atoms with Crippen molar-refractivity contribution in [3.05, 3.63) is 54.4 Å². The van der Waals surface area contributed by atoms with Gasteiger partial charge in [0.2, 0.25) is 0 Å². The first-order valence-corrected chi connectivity index (χ1v) is 8.36. The number of fused-ring (bicyclic) bond motifs is 1. The number of para-hydroxylation sites is 2. The van der Waals surface area contributed by atoms with Gasteiger partial charge in [0.05, 0.1) is 12.8 Å². The lowest BCUT2D eigenvalue weighted by Gasteiger charge is -2.36. The summed E-state index contributed by atoms with van der Waals surface area (Å²) in [5.74, 6) is 0.952. The molecule has 5 heteroatoms. The van der Waals surface area contributed by atoms with Crippen LogP contribution in [-0.4, -0.2) is 48.2 Å². The predicted octanol–water partition coefficient (Wildman–Crippen LogP) is 2.89. The van der Waals surface area contributed by atoms with Gasteiger partial charge in [-0.3, -0.25) is 4.90 Å². The Bertz CT molecular complexity index is 821. The Morgan fingerprint density at radius 3 is 2.75 bits per heavy atom. The number of methoxy groups -OCH3 is 1. The molecule has 0 radical (unpaired) electrons. The first kappa shape index (κ1) is 15.0. The molecule has 0 bridgehead atoms. The maximum atomic E-state index is 5.49. The molecule has 1 fully saturated rings. The number of rotatable bonds is 4. The van der Waals surface area contributed by atoms with Crippen LogP contribution in [-0.2, 0) is 6.54 Å². The number of piperazine rings is 1. The number of benzene rings is 1. The summed E-state index contributed by atoms with van der Waals surface area (Å²) in [5.41, 5.74) is 3.49. The minimum absolute atomic E-state index is 0.952. The minimum atomic E-state index is 0.952. The second kappa shape index (κ2) is 6.53. The molecule has 1 aliphatic rings. The van der Waals surface area contributed by atoms with Gasteiger partial charge < -0.3 is 14.6 Å². The molecule has 0 amide bonds. The quantitative estimate of drug-likeness (QED) is 0.802. The van der Waals surface area contributed by atoms with Crippen LogP contribution in [0.3, 0.4) is 0 Å². The normalized spacial score (nSPS) is 15.8. The van der Waals surface area contributed by atoms with Crippen molar-refractivity contribution in [1.82, 2.24) is 14.9 Å². The van der Waals surface area contributed by atoms with Crippen LogP contribution in [0.25, 0.3) is 11.0 Å². The molecule has 1 N–H and O–H groups in total. The summed E-state index contributed by atoms with van der Waals surface area (Å²) in [6.07, 6.45) is 3.92. The Morgan fingerprint density at radius 2 is 1.92 bits per heavy atom. The molecule has 1 saturated heterocycles. The SMILES string of the molecule is [11CH3]Oc1ccccc1N1CCN(Cc2c[nH]c3ncccc23)CC1. The fraction of sp³-hybridized carbons (Fsp3) is 0.316. The second-order valence-electron chi connectivity index (χ2n) is 6.15. The summed E-state index contributed by atoms with van der Waals surface area (Å²) in [7, 11) is 1.74. The van der Waals surface area contributed by atoms with Crippen LogP contribution in [0.4, 0.5) is 5.69 Å². The summed E-state index contributed by atoms with van der Waals surface area (Å²) in [6.45, 7) is 5.09. The van der Waals surface area contributed by atoms with Crippen LogP contribution in [0.1, 0.15) is 5.56 Å². The van der Waals surface area contributed by atoms with Crippen molar-refractivity contribution < 1.29 is 4.74 Å². The van der Waals surface area contributed by atoms with E-state index in [1.165, 1.54) is 16.6 Å². The maximum absolute atomic E-state index is 5.49. The van der Waals surface area contributed by atoms with Crippen molar-refractivity contribution in [2.75, 3.05) is 38.2 Å². The van der Waals surface area contributed by atoms with E-state index in [0.29, 0.717) is 0 Å². The number of hydrogen-bond acceptors (Lipinski definition) is 4. The number of ether oxygens (including phenoxy) is 1. The van der Waals surface area contributed by atoms with Gasteiger partial charge in [-0.05, 0) is 29.8 Å². The van der Waals surface area contributed by atoms with Crippen LogP contribution in [0.5, 0.6) is 5.75 Å². The standard InChI is InChI=1S/C19H22N4O/c1-24-18-7-3-2-6-17(18)23-11-9-22(10-12-23)14-15-13-21-19-16(15)5-4-8-20-19/h2-8,13H,9-12,14H2,1H3,(H,20,21)/i1-1. The highest BCUT2D eigenvalue weighted by Gasteiger charge is 2.20. The minimum Gasteiger partial charge on any atom is -0.495 e. The van der Waals surface area contributed by atoms with Crippen LogP contribution < -0.4 is 9.64 Å². The lowest BCUT2D eigenvalue weighted by Crippen LogP contribution is -2.46. The topological polar surface area (TPSA) is 44.4 Å². The number of aromatic amines is 1. The average Bonchev–Trinajstić information content (AvgIpc) is 3.05. The highest BCUT2D eigenvalue weighted by molar-refractivity contribution is 5.79. The van der Waals surface area contributed by atoms with E-state index in [4.69, 9.17) is 4.74 Å². The molecule has 0 unspecified atom stereocenters. The first-order chi connectivity index (χ1) is 11.8.